The second-order valence-electron chi connectivity index (χ2n) is 4.68. The lowest BCUT2D eigenvalue weighted by molar-refractivity contribution is 0.185. The van der Waals surface area contributed by atoms with E-state index < -0.39 is 0 Å². The molecule has 18 heavy (non-hydrogen) atoms. The molecule has 1 saturated heterocycles. The first kappa shape index (κ1) is 11.4. The predicted molar refractivity (Wildman–Crippen MR) is 71.6 cm³/mol. The lowest BCUT2D eigenvalue weighted by Gasteiger charge is -2.10. The van der Waals surface area contributed by atoms with E-state index in [-0.39, 0.29) is 0 Å². The number of para-hydroxylation sites is 1. The van der Waals surface area contributed by atoms with Crippen LogP contribution in [0.5, 0.6) is 0 Å². The smallest absolute Gasteiger partial charge is 0.137 e. The minimum absolute atomic E-state index is 0.700. The summed E-state index contributed by atoms with van der Waals surface area (Å²) in [5, 5.41) is 4.49. The van der Waals surface area contributed by atoms with Crippen molar-refractivity contribution in [1.82, 2.24) is 9.97 Å². The molecule has 0 spiro atoms. The molecule has 1 aromatic heterocycles. The molecule has 0 amide bonds. The third kappa shape index (κ3) is 2.43. The maximum absolute atomic E-state index is 5.38. The number of nitrogens with zero attached hydrogens (tertiary/aromatic N) is 2. The molecule has 0 saturated carbocycles. The number of aromatic nitrogens is 2. The Morgan fingerprint density at radius 3 is 3.11 bits per heavy atom. The van der Waals surface area contributed by atoms with Gasteiger partial charge in [0.1, 0.15) is 12.1 Å². The van der Waals surface area contributed by atoms with Crippen LogP contribution in [0.2, 0.25) is 0 Å². The summed E-state index contributed by atoms with van der Waals surface area (Å²) < 4.78 is 5.38. The molecule has 4 nitrogen and oxygen atoms in total. The van der Waals surface area contributed by atoms with Crippen LogP contribution in [0, 0.1) is 5.92 Å². The molecule has 1 aliphatic rings. The number of hydrogen-bond acceptors (Lipinski definition) is 4. The molecule has 0 radical (unpaired) electrons. The lowest BCUT2D eigenvalue weighted by atomic mass is 10.1. The summed E-state index contributed by atoms with van der Waals surface area (Å²) in [6, 6.07) is 8.07. The molecule has 1 unspecified atom stereocenters. The maximum Gasteiger partial charge on any atom is 0.137 e. The van der Waals surface area contributed by atoms with Gasteiger partial charge in [-0.25, -0.2) is 9.97 Å². The van der Waals surface area contributed by atoms with Crippen molar-refractivity contribution >= 4 is 16.7 Å². The zero-order chi connectivity index (χ0) is 12.2. The summed E-state index contributed by atoms with van der Waals surface area (Å²) in [5.41, 5.74) is 0.985. The van der Waals surface area contributed by atoms with E-state index >= 15 is 0 Å². The van der Waals surface area contributed by atoms with Crippen molar-refractivity contribution in [2.75, 3.05) is 25.1 Å². The summed E-state index contributed by atoms with van der Waals surface area (Å²) in [6.45, 7) is 2.77. The van der Waals surface area contributed by atoms with E-state index in [1.165, 1.54) is 6.42 Å². The number of nitrogens with one attached hydrogen (secondary N) is 1. The highest BCUT2D eigenvalue weighted by Gasteiger charge is 2.14. The summed E-state index contributed by atoms with van der Waals surface area (Å²) in [4.78, 5) is 8.57. The average Bonchev–Trinajstić information content (AvgIpc) is 2.92. The summed E-state index contributed by atoms with van der Waals surface area (Å²) in [7, 11) is 0. The monoisotopic (exact) mass is 243 g/mol. The van der Waals surface area contributed by atoms with E-state index in [0.29, 0.717) is 5.92 Å². The van der Waals surface area contributed by atoms with Gasteiger partial charge in [0, 0.05) is 25.1 Å². The first-order valence-corrected chi connectivity index (χ1v) is 6.45. The fourth-order valence-electron chi connectivity index (χ4n) is 2.35. The Kier molecular flexibility index (Phi) is 3.37. The van der Waals surface area contributed by atoms with E-state index in [9.17, 15) is 0 Å². The quantitative estimate of drug-likeness (QED) is 0.896. The molecule has 1 atom stereocenters. The van der Waals surface area contributed by atoms with Crippen LogP contribution in [0.3, 0.4) is 0 Å². The van der Waals surface area contributed by atoms with E-state index in [0.717, 1.165) is 42.9 Å². The van der Waals surface area contributed by atoms with Gasteiger partial charge in [-0.3, -0.25) is 0 Å². The van der Waals surface area contributed by atoms with Crippen molar-refractivity contribution in [3.63, 3.8) is 0 Å². The highest BCUT2D eigenvalue weighted by molar-refractivity contribution is 5.88. The molecular weight excluding hydrogens is 226 g/mol. The average molecular weight is 243 g/mol. The van der Waals surface area contributed by atoms with Gasteiger partial charge in [0.25, 0.3) is 0 Å². The fraction of sp³-hybridized carbons (Fsp3) is 0.429. The summed E-state index contributed by atoms with van der Waals surface area (Å²) >= 11 is 0. The molecule has 0 aliphatic carbocycles. The van der Waals surface area contributed by atoms with E-state index in [1.54, 1.807) is 6.33 Å². The van der Waals surface area contributed by atoms with Gasteiger partial charge in [-0.05, 0) is 30.9 Å². The van der Waals surface area contributed by atoms with Gasteiger partial charge in [-0.15, -0.1) is 0 Å². The third-order valence-electron chi connectivity index (χ3n) is 3.41. The van der Waals surface area contributed by atoms with Gasteiger partial charge in [-0.2, -0.15) is 0 Å². The normalized spacial score (nSPS) is 19.2. The van der Waals surface area contributed by atoms with E-state index in [4.69, 9.17) is 4.74 Å². The molecular formula is C14H17N3O. The van der Waals surface area contributed by atoms with Crippen molar-refractivity contribution < 1.29 is 4.74 Å². The van der Waals surface area contributed by atoms with Gasteiger partial charge in [0.2, 0.25) is 0 Å². The maximum atomic E-state index is 5.38. The Morgan fingerprint density at radius 2 is 2.22 bits per heavy atom. The zero-order valence-corrected chi connectivity index (χ0v) is 10.3. The SMILES string of the molecule is c1ccc2c(NCCC3CCOC3)ncnc2c1. The standard InChI is InChI=1S/C14H17N3O/c1-2-4-13-12(3-1)14(17-10-16-13)15-7-5-11-6-8-18-9-11/h1-4,10-11H,5-9H2,(H,15,16,17). The highest BCUT2D eigenvalue weighted by atomic mass is 16.5. The second-order valence-corrected chi connectivity index (χ2v) is 4.68. The molecule has 0 bridgehead atoms. The molecule has 1 aliphatic heterocycles. The van der Waals surface area contributed by atoms with Crippen molar-refractivity contribution in [2.45, 2.75) is 12.8 Å². The Hall–Kier alpha value is -1.68. The molecule has 94 valence electrons. The molecule has 1 fully saturated rings. The van der Waals surface area contributed by atoms with Gasteiger partial charge in [-0.1, -0.05) is 12.1 Å². The van der Waals surface area contributed by atoms with E-state index in [1.807, 2.05) is 18.2 Å². The van der Waals surface area contributed by atoms with E-state index in [2.05, 4.69) is 21.4 Å². The van der Waals surface area contributed by atoms with Crippen LogP contribution in [-0.2, 0) is 4.74 Å². The van der Waals surface area contributed by atoms with Crippen LogP contribution in [0.25, 0.3) is 10.9 Å². The number of fused-ring (bicyclic) bond motifs is 1. The van der Waals surface area contributed by atoms with Crippen molar-refractivity contribution in [1.29, 1.82) is 0 Å². The summed E-state index contributed by atoms with van der Waals surface area (Å²) in [5.74, 6) is 1.63. The first-order chi connectivity index (χ1) is 8.93. The van der Waals surface area contributed by atoms with Crippen LogP contribution in [0.15, 0.2) is 30.6 Å². The Labute approximate surface area is 106 Å². The lowest BCUT2D eigenvalue weighted by Crippen LogP contribution is -2.10. The minimum atomic E-state index is 0.700. The third-order valence-corrected chi connectivity index (χ3v) is 3.41. The van der Waals surface area contributed by atoms with Crippen LogP contribution in [0.4, 0.5) is 5.82 Å². The molecule has 1 aromatic carbocycles. The van der Waals surface area contributed by atoms with Crippen LogP contribution < -0.4 is 5.32 Å². The van der Waals surface area contributed by atoms with Crippen molar-refractivity contribution in [3.05, 3.63) is 30.6 Å². The minimum Gasteiger partial charge on any atom is -0.381 e. The Bertz CT molecular complexity index is 518. The number of hydrogen-bond donors (Lipinski definition) is 1. The number of rotatable bonds is 4. The predicted octanol–water partition coefficient (Wildman–Crippen LogP) is 2.47. The number of anilines is 1. The Balaban J connectivity index is 1.66. The molecule has 3 rings (SSSR count). The van der Waals surface area contributed by atoms with Crippen LogP contribution in [0.1, 0.15) is 12.8 Å². The van der Waals surface area contributed by atoms with Gasteiger partial charge >= 0.3 is 0 Å². The molecule has 2 aromatic rings. The van der Waals surface area contributed by atoms with Crippen molar-refractivity contribution in [3.8, 4) is 0 Å². The number of benzene rings is 1. The van der Waals surface area contributed by atoms with Gasteiger partial charge < -0.3 is 10.1 Å². The molecule has 2 heterocycles. The van der Waals surface area contributed by atoms with Crippen LogP contribution in [-0.4, -0.2) is 29.7 Å². The van der Waals surface area contributed by atoms with Gasteiger partial charge in [0.15, 0.2) is 0 Å². The largest absolute Gasteiger partial charge is 0.381 e. The van der Waals surface area contributed by atoms with Crippen molar-refractivity contribution in [2.24, 2.45) is 5.92 Å². The highest BCUT2D eigenvalue weighted by Crippen LogP contribution is 2.20. The molecule has 1 N–H and O–H groups in total. The first-order valence-electron chi connectivity index (χ1n) is 6.45. The van der Waals surface area contributed by atoms with Crippen LogP contribution >= 0.6 is 0 Å². The molecule has 4 heteroatoms. The van der Waals surface area contributed by atoms with Gasteiger partial charge in [0.05, 0.1) is 5.52 Å². The summed E-state index contributed by atoms with van der Waals surface area (Å²) in [6.07, 6.45) is 3.94. The second kappa shape index (κ2) is 5.31. The fourth-order valence-corrected chi connectivity index (χ4v) is 2.35. The zero-order valence-electron chi connectivity index (χ0n) is 10.3. The topological polar surface area (TPSA) is 47.0 Å². The number of ether oxygens (including phenoxy) is 1. The Morgan fingerprint density at radius 1 is 1.28 bits per heavy atom.